The van der Waals surface area contributed by atoms with Gasteiger partial charge in [0.1, 0.15) is 6.04 Å². The smallest absolute Gasteiger partial charge is 0.384 e. The summed E-state index contributed by atoms with van der Waals surface area (Å²) >= 11 is 12.0. The van der Waals surface area contributed by atoms with Crippen molar-refractivity contribution < 1.29 is 37.0 Å². The lowest BCUT2D eigenvalue weighted by atomic mass is 9.66. The highest BCUT2D eigenvalue weighted by Crippen LogP contribution is 2.55. The number of rotatable bonds is 7. The third-order valence-electron chi connectivity index (χ3n) is 7.04. The molecule has 1 aliphatic heterocycles. The second kappa shape index (κ2) is 11.6. The largest absolute Gasteiger partial charge is 0.514 e. The Bertz CT molecular complexity index is 1260. The number of likely N-dealkylation sites (tertiary alicyclic amines) is 1. The highest BCUT2D eigenvalue weighted by Gasteiger charge is 2.50. The van der Waals surface area contributed by atoms with Gasteiger partial charge >= 0.3 is 5.51 Å². The van der Waals surface area contributed by atoms with Crippen LogP contribution in [0.1, 0.15) is 50.0 Å². The molecule has 2 atom stereocenters. The summed E-state index contributed by atoms with van der Waals surface area (Å²) in [7, 11) is -5.25. The minimum Gasteiger partial charge on any atom is -0.384 e. The highest BCUT2D eigenvalue weighted by molar-refractivity contribution is 8.26. The van der Waals surface area contributed by atoms with Crippen molar-refractivity contribution in [2.75, 3.05) is 17.8 Å². The lowest BCUT2D eigenvalue weighted by Gasteiger charge is -2.51. The molecular weight excluding hydrogens is 594 g/mol. The number of amides is 2. The van der Waals surface area contributed by atoms with Gasteiger partial charge in [-0.25, -0.2) is 0 Å². The van der Waals surface area contributed by atoms with Crippen molar-refractivity contribution in [1.82, 2.24) is 10.2 Å². The Hall–Kier alpha value is -2.22. The van der Waals surface area contributed by atoms with Gasteiger partial charge in [0.25, 0.3) is 5.91 Å². The molecule has 0 radical (unpaired) electrons. The number of nitrogens with one attached hydrogen (secondary N) is 2. The second-order valence-electron chi connectivity index (χ2n) is 10.8. The summed E-state index contributed by atoms with van der Waals surface area (Å²) in [5.74, 6) is -1.55. The van der Waals surface area contributed by atoms with Gasteiger partial charge in [0, 0.05) is 34.1 Å². The van der Waals surface area contributed by atoms with Crippen LogP contribution < -0.4 is 10.0 Å². The lowest BCUT2D eigenvalue weighted by Crippen LogP contribution is -2.60. The molecule has 1 aliphatic rings. The van der Waals surface area contributed by atoms with E-state index in [2.05, 4.69) is 5.32 Å². The van der Waals surface area contributed by atoms with Crippen molar-refractivity contribution in [3.63, 3.8) is 0 Å². The van der Waals surface area contributed by atoms with Crippen LogP contribution in [0.3, 0.4) is 0 Å². The Morgan fingerprint density at radius 2 is 1.65 bits per heavy atom. The molecule has 3 rings (SSSR count). The van der Waals surface area contributed by atoms with Crippen LogP contribution in [-0.4, -0.2) is 55.6 Å². The first-order valence-corrected chi connectivity index (χ1v) is 14.6. The molecule has 0 bridgehead atoms. The van der Waals surface area contributed by atoms with Crippen molar-refractivity contribution in [2.45, 2.75) is 51.3 Å². The number of carbonyl (C=O) groups is 2. The molecule has 0 saturated carbocycles. The van der Waals surface area contributed by atoms with E-state index in [1.54, 1.807) is 47.7 Å². The van der Waals surface area contributed by atoms with Crippen LogP contribution in [0, 0.1) is 11.3 Å². The number of nitrogens with zero attached hydrogens (tertiary/aromatic N) is 1. The Balaban J connectivity index is 1.79. The van der Waals surface area contributed by atoms with Gasteiger partial charge in [0.05, 0.1) is 11.3 Å². The van der Waals surface area contributed by atoms with Crippen LogP contribution in [0.5, 0.6) is 0 Å². The van der Waals surface area contributed by atoms with Gasteiger partial charge in [-0.3, -0.25) is 23.4 Å². The molecule has 2 amide bonds. The molecule has 0 unspecified atom stereocenters. The summed E-state index contributed by atoms with van der Waals surface area (Å²) in [6, 6.07) is 9.03. The Morgan fingerprint density at radius 1 is 1.05 bits per heavy atom. The summed E-state index contributed by atoms with van der Waals surface area (Å²) in [4.78, 5) is 28.3. The third kappa shape index (κ3) is 6.80. The number of alkyl halides is 3. The lowest BCUT2D eigenvalue weighted by molar-refractivity contribution is -0.155. The van der Waals surface area contributed by atoms with E-state index in [0.717, 1.165) is 12.1 Å². The maximum atomic E-state index is 13.6. The predicted molar refractivity (Wildman–Crippen MR) is 150 cm³/mol. The maximum absolute atomic E-state index is 13.6. The van der Waals surface area contributed by atoms with Gasteiger partial charge in [0.2, 0.25) is 5.91 Å². The number of piperidine rings is 1. The average molecular weight is 627 g/mol. The van der Waals surface area contributed by atoms with E-state index in [1.807, 2.05) is 13.8 Å². The van der Waals surface area contributed by atoms with Crippen LogP contribution in [0.2, 0.25) is 10.0 Å². The van der Waals surface area contributed by atoms with Crippen LogP contribution in [0.25, 0.3) is 0 Å². The molecule has 14 heteroatoms. The van der Waals surface area contributed by atoms with E-state index in [-0.39, 0.29) is 41.9 Å². The van der Waals surface area contributed by atoms with Crippen LogP contribution in [0.15, 0.2) is 42.5 Å². The second-order valence-corrected chi connectivity index (χ2v) is 13.4. The quantitative estimate of drug-likeness (QED) is 0.240. The van der Waals surface area contributed by atoms with E-state index < -0.39 is 44.9 Å². The zero-order valence-corrected chi connectivity index (χ0v) is 24.5. The monoisotopic (exact) mass is 625 g/mol. The van der Waals surface area contributed by atoms with Crippen LogP contribution in [0.4, 0.5) is 18.9 Å². The molecule has 1 saturated heterocycles. The highest BCUT2D eigenvalue weighted by atomic mass is 35.5. The third-order valence-corrected chi connectivity index (χ3v) is 8.68. The van der Waals surface area contributed by atoms with E-state index in [1.165, 1.54) is 6.07 Å². The van der Waals surface area contributed by atoms with E-state index in [9.17, 15) is 37.0 Å². The Morgan fingerprint density at radius 3 is 2.17 bits per heavy atom. The van der Waals surface area contributed by atoms with Gasteiger partial charge < -0.3 is 15.3 Å². The van der Waals surface area contributed by atoms with Gasteiger partial charge in [-0.1, -0.05) is 63.0 Å². The first-order chi connectivity index (χ1) is 18.3. The summed E-state index contributed by atoms with van der Waals surface area (Å²) in [5.41, 5.74) is -7.31. The molecule has 2 aromatic carbocycles. The fourth-order valence-electron chi connectivity index (χ4n) is 4.71. The standard InChI is InChI=1S/C26H32Cl2F3N3O5S/c1-15(2)21(32-22(35)16-11-19(28)13-20(12-16)33-40(38,39)26(29,30)31)23(36)34-10-9-25(37,24(3,4)14-34)17-5-7-18(27)8-6-17/h5-8,11-13,15,21,33,37-39H,9-10,14H2,1-4H3,(H,32,35)/t21-,25+/m1/s1. The predicted octanol–water partition coefficient (Wildman–Crippen LogP) is 6.49. The Kier molecular flexibility index (Phi) is 9.35. The van der Waals surface area contributed by atoms with E-state index in [4.69, 9.17) is 23.2 Å². The molecular formula is C26H32Cl2F3N3O5S. The number of carbonyl (C=O) groups excluding carboxylic acids is 2. The first-order valence-electron chi connectivity index (χ1n) is 12.3. The fraction of sp³-hybridized carbons (Fsp3) is 0.462. The number of benzene rings is 2. The van der Waals surface area contributed by atoms with Crippen molar-refractivity contribution >= 4 is 51.5 Å². The molecule has 5 N–H and O–H groups in total. The zero-order chi connectivity index (χ0) is 30.3. The first kappa shape index (κ1) is 32.3. The minimum absolute atomic E-state index is 0.140. The van der Waals surface area contributed by atoms with Crippen LogP contribution >= 0.6 is 34.0 Å². The van der Waals surface area contributed by atoms with Crippen molar-refractivity contribution in [3.8, 4) is 0 Å². The van der Waals surface area contributed by atoms with Gasteiger partial charge in [-0.05, 0) is 59.0 Å². The molecule has 1 fully saturated rings. The average Bonchev–Trinajstić information content (AvgIpc) is 2.82. The summed E-state index contributed by atoms with van der Waals surface area (Å²) in [6.07, 6.45) is 0.237. The summed E-state index contributed by atoms with van der Waals surface area (Å²) in [6.45, 7) is 7.54. The number of halogens is 5. The minimum atomic E-state index is -5.35. The zero-order valence-electron chi connectivity index (χ0n) is 22.2. The summed E-state index contributed by atoms with van der Waals surface area (Å²) < 4.78 is 59.2. The van der Waals surface area contributed by atoms with Gasteiger partial charge in [0.15, 0.2) is 0 Å². The number of hydrogen-bond donors (Lipinski definition) is 5. The SMILES string of the molecule is CC(C)[C@@H](NC(=O)c1cc(Cl)cc(NS(O)(O)C(F)(F)F)c1)C(=O)N1CC[C@](O)(c2ccc(Cl)cc2)C(C)(C)C1. The maximum Gasteiger partial charge on any atom is 0.514 e. The summed E-state index contributed by atoms with van der Waals surface area (Å²) in [5, 5.41) is 14.6. The molecule has 2 aromatic rings. The van der Waals surface area contributed by atoms with Gasteiger partial charge in [-0.15, -0.1) is 0 Å². The molecule has 8 nitrogen and oxygen atoms in total. The van der Waals surface area contributed by atoms with Gasteiger partial charge in [-0.2, -0.15) is 13.2 Å². The van der Waals surface area contributed by atoms with E-state index >= 15 is 0 Å². The normalized spacial score (nSPS) is 20.7. The molecule has 0 aromatic heterocycles. The van der Waals surface area contributed by atoms with Crippen molar-refractivity contribution in [3.05, 3.63) is 63.6 Å². The van der Waals surface area contributed by atoms with E-state index in [0.29, 0.717) is 10.6 Å². The molecule has 0 aliphatic carbocycles. The number of anilines is 1. The fourth-order valence-corrected chi connectivity index (χ4v) is 5.63. The molecule has 0 spiro atoms. The number of hydrogen-bond acceptors (Lipinski definition) is 6. The van der Waals surface area contributed by atoms with Crippen molar-refractivity contribution in [1.29, 1.82) is 0 Å². The number of aliphatic hydroxyl groups is 1. The van der Waals surface area contributed by atoms with Crippen molar-refractivity contribution in [2.24, 2.45) is 11.3 Å². The molecule has 40 heavy (non-hydrogen) atoms. The Labute approximate surface area is 242 Å². The van der Waals surface area contributed by atoms with Crippen LogP contribution in [-0.2, 0) is 10.4 Å². The molecule has 1 heterocycles. The topological polar surface area (TPSA) is 122 Å². The molecule has 222 valence electrons.